The van der Waals surface area contributed by atoms with Gasteiger partial charge in [0.25, 0.3) is 0 Å². The molecule has 0 aliphatic carbocycles. The summed E-state index contributed by atoms with van der Waals surface area (Å²) in [6.45, 7) is 2.37. The van der Waals surface area contributed by atoms with Crippen LogP contribution in [0.4, 0.5) is 0 Å². The van der Waals surface area contributed by atoms with Crippen molar-refractivity contribution in [3.8, 4) is 11.8 Å². The fraction of sp³-hybridized carbons (Fsp3) is 0.167. The molecule has 0 amide bonds. The molecule has 0 fully saturated rings. The van der Waals surface area contributed by atoms with Crippen LogP contribution in [0.3, 0.4) is 0 Å². The van der Waals surface area contributed by atoms with E-state index in [4.69, 9.17) is 22.1 Å². The Morgan fingerprint density at radius 2 is 2.00 bits per heavy atom. The lowest BCUT2D eigenvalue weighted by Gasteiger charge is -2.06. The number of aromatic nitrogens is 2. The van der Waals surface area contributed by atoms with Crippen molar-refractivity contribution in [2.24, 2.45) is 5.73 Å². The van der Waals surface area contributed by atoms with Crippen molar-refractivity contribution >= 4 is 11.6 Å². The monoisotopic (exact) mass is 249 g/mol. The van der Waals surface area contributed by atoms with Gasteiger partial charge in [-0.25, -0.2) is 9.97 Å². The van der Waals surface area contributed by atoms with Crippen molar-refractivity contribution in [2.45, 2.75) is 13.5 Å². The molecule has 2 N–H and O–H groups in total. The van der Waals surface area contributed by atoms with E-state index in [1.807, 2.05) is 19.1 Å². The maximum absolute atomic E-state index is 6.04. The zero-order chi connectivity index (χ0) is 12.3. The summed E-state index contributed by atoms with van der Waals surface area (Å²) in [7, 11) is 0. The molecule has 0 atom stereocenters. The lowest BCUT2D eigenvalue weighted by atomic mass is 10.2. The van der Waals surface area contributed by atoms with E-state index in [0.29, 0.717) is 17.3 Å². The van der Waals surface area contributed by atoms with Gasteiger partial charge in [0.1, 0.15) is 5.75 Å². The van der Waals surface area contributed by atoms with Crippen LogP contribution in [0, 0.1) is 6.92 Å². The minimum absolute atomic E-state index is 0.257. The van der Waals surface area contributed by atoms with Gasteiger partial charge in [-0.3, -0.25) is 0 Å². The molecule has 0 bridgehead atoms. The molecule has 0 saturated heterocycles. The van der Waals surface area contributed by atoms with Crippen LogP contribution in [0.5, 0.6) is 11.8 Å². The van der Waals surface area contributed by atoms with Crippen LogP contribution in [0.1, 0.15) is 11.1 Å². The second-order valence-corrected chi connectivity index (χ2v) is 4.02. The number of nitrogens with two attached hydrogens (primary N) is 1. The molecule has 0 unspecified atom stereocenters. The largest absolute Gasteiger partial charge is 0.423 e. The average Bonchev–Trinajstić information content (AvgIpc) is 2.34. The number of ether oxygens (including phenoxy) is 1. The molecule has 0 aliphatic heterocycles. The molecule has 0 spiro atoms. The Labute approximate surface area is 104 Å². The van der Waals surface area contributed by atoms with Crippen LogP contribution < -0.4 is 10.5 Å². The first-order chi connectivity index (χ1) is 8.19. The maximum atomic E-state index is 6.04. The zero-order valence-corrected chi connectivity index (χ0v) is 10.1. The van der Waals surface area contributed by atoms with Crippen molar-refractivity contribution in [1.29, 1.82) is 0 Å². The third-order valence-electron chi connectivity index (χ3n) is 2.21. The number of benzene rings is 1. The molecule has 0 saturated carbocycles. The molecule has 17 heavy (non-hydrogen) atoms. The summed E-state index contributed by atoms with van der Waals surface area (Å²) >= 11 is 6.04. The Morgan fingerprint density at radius 3 is 2.59 bits per heavy atom. The first kappa shape index (κ1) is 11.8. The highest BCUT2D eigenvalue weighted by Gasteiger charge is 2.05. The highest BCUT2D eigenvalue weighted by molar-refractivity contribution is 6.32. The van der Waals surface area contributed by atoms with E-state index in [2.05, 4.69) is 9.97 Å². The van der Waals surface area contributed by atoms with Crippen LogP contribution in [-0.2, 0) is 6.54 Å². The maximum Gasteiger partial charge on any atom is 0.321 e. The number of rotatable bonds is 3. The molecule has 2 aromatic rings. The van der Waals surface area contributed by atoms with E-state index in [0.717, 1.165) is 11.1 Å². The molecule has 4 nitrogen and oxygen atoms in total. The van der Waals surface area contributed by atoms with Gasteiger partial charge in [0.15, 0.2) is 0 Å². The minimum atomic E-state index is 0.257. The van der Waals surface area contributed by atoms with E-state index in [-0.39, 0.29) is 6.01 Å². The van der Waals surface area contributed by atoms with E-state index < -0.39 is 0 Å². The SMILES string of the molecule is Cc1ccc(Oc2ncc(CN)cn2)c(Cl)c1. The number of hydrogen-bond donors (Lipinski definition) is 1. The Balaban J connectivity index is 2.19. The number of aryl methyl sites for hydroxylation is 1. The molecular formula is C12H12ClN3O. The molecule has 1 heterocycles. The average molecular weight is 250 g/mol. The molecule has 0 aliphatic rings. The fourth-order valence-corrected chi connectivity index (χ4v) is 1.56. The summed E-state index contributed by atoms with van der Waals surface area (Å²) in [5.41, 5.74) is 7.38. The fourth-order valence-electron chi connectivity index (χ4n) is 1.29. The normalized spacial score (nSPS) is 10.3. The summed E-state index contributed by atoms with van der Waals surface area (Å²) in [6, 6.07) is 5.78. The van der Waals surface area contributed by atoms with Gasteiger partial charge in [-0.2, -0.15) is 0 Å². The Bertz CT molecular complexity index is 514. The topological polar surface area (TPSA) is 61.0 Å². The van der Waals surface area contributed by atoms with Gasteiger partial charge in [-0.05, 0) is 24.6 Å². The van der Waals surface area contributed by atoms with Crippen molar-refractivity contribution in [1.82, 2.24) is 9.97 Å². The third kappa shape index (κ3) is 2.93. The number of nitrogens with zero attached hydrogens (tertiary/aromatic N) is 2. The molecule has 1 aromatic heterocycles. The second-order valence-electron chi connectivity index (χ2n) is 3.61. The van der Waals surface area contributed by atoms with Crippen molar-refractivity contribution in [3.63, 3.8) is 0 Å². The van der Waals surface area contributed by atoms with Crippen LogP contribution in [0.25, 0.3) is 0 Å². The molecule has 0 radical (unpaired) electrons. The predicted octanol–water partition coefficient (Wildman–Crippen LogP) is 2.69. The Kier molecular flexibility index (Phi) is 3.56. The summed E-state index contributed by atoms with van der Waals surface area (Å²) in [6.07, 6.45) is 3.26. The van der Waals surface area contributed by atoms with Crippen LogP contribution in [0.15, 0.2) is 30.6 Å². The molecule has 88 valence electrons. The van der Waals surface area contributed by atoms with Crippen molar-refractivity contribution in [2.75, 3.05) is 0 Å². The minimum Gasteiger partial charge on any atom is -0.423 e. The molecule has 2 rings (SSSR count). The first-order valence-electron chi connectivity index (χ1n) is 5.14. The predicted molar refractivity (Wildman–Crippen MR) is 66.2 cm³/mol. The molecular weight excluding hydrogens is 238 g/mol. The van der Waals surface area contributed by atoms with Gasteiger partial charge in [0.05, 0.1) is 5.02 Å². The van der Waals surface area contributed by atoms with Gasteiger partial charge in [0.2, 0.25) is 0 Å². The quantitative estimate of drug-likeness (QED) is 0.909. The molecule has 1 aromatic carbocycles. The lowest BCUT2D eigenvalue weighted by molar-refractivity contribution is 0.441. The first-order valence-corrected chi connectivity index (χ1v) is 5.52. The van der Waals surface area contributed by atoms with Crippen LogP contribution in [0.2, 0.25) is 5.02 Å². The summed E-state index contributed by atoms with van der Waals surface area (Å²) < 4.78 is 5.47. The standard InChI is InChI=1S/C12H12ClN3O/c1-8-2-3-11(10(13)4-8)17-12-15-6-9(5-14)7-16-12/h2-4,6-7H,5,14H2,1H3. The third-order valence-corrected chi connectivity index (χ3v) is 2.50. The Hall–Kier alpha value is -1.65. The van der Waals surface area contributed by atoms with Gasteiger partial charge in [0, 0.05) is 24.5 Å². The van der Waals surface area contributed by atoms with Gasteiger partial charge < -0.3 is 10.5 Å². The Morgan fingerprint density at radius 1 is 1.29 bits per heavy atom. The summed E-state index contributed by atoms with van der Waals surface area (Å²) in [5, 5.41) is 0.538. The molecule has 5 heteroatoms. The van der Waals surface area contributed by atoms with Crippen molar-refractivity contribution < 1.29 is 4.74 Å². The van der Waals surface area contributed by atoms with E-state index >= 15 is 0 Å². The van der Waals surface area contributed by atoms with E-state index in [1.54, 1.807) is 18.5 Å². The summed E-state index contributed by atoms with van der Waals surface area (Å²) in [5.74, 6) is 0.540. The highest BCUT2D eigenvalue weighted by Crippen LogP contribution is 2.28. The lowest BCUT2D eigenvalue weighted by Crippen LogP contribution is -1.99. The van der Waals surface area contributed by atoms with Crippen LogP contribution >= 0.6 is 11.6 Å². The van der Waals surface area contributed by atoms with E-state index in [1.165, 1.54) is 0 Å². The van der Waals surface area contributed by atoms with Crippen LogP contribution in [-0.4, -0.2) is 9.97 Å². The van der Waals surface area contributed by atoms with E-state index in [9.17, 15) is 0 Å². The highest BCUT2D eigenvalue weighted by atomic mass is 35.5. The van der Waals surface area contributed by atoms with Gasteiger partial charge in [-0.15, -0.1) is 0 Å². The van der Waals surface area contributed by atoms with Crippen molar-refractivity contribution in [3.05, 3.63) is 46.7 Å². The second kappa shape index (κ2) is 5.12. The smallest absolute Gasteiger partial charge is 0.321 e. The van der Waals surface area contributed by atoms with Gasteiger partial charge in [-0.1, -0.05) is 17.7 Å². The number of halogens is 1. The number of hydrogen-bond acceptors (Lipinski definition) is 4. The zero-order valence-electron chi connectivity index (χ0n) is 9.35. The summed E-state index contributed by atoms with van der Waals surface area (Å²) in [4.78, 5) is 8.07. The van der Waals surface area contributed by atoms with Gasteiger partial charge >= 0.3 is 6.01 Å².